The lowest BCUT2D eigenvalue weighted by Crippen LogP contribution is -2.09. The van der Waals surface area contributed by atoms with Gasteiger partial charge in [0.25, 0.3) is 0 Å². The van der Waals surface area contributed by atoms with Gasteiger partial charge in [-0.05, 0) is 13.3 Å². The molecule has 1 atom stereocenters. The van der Waals surface area contributed by atoms with Crippen molar-refractivity contribution in [2.75, 3.05) is 13.2 Å². The van der Waals surface area contributed by atoms with Gasteiger partial charge in [-0.25, -0.2) is 0 Å². The molecule has 0 aliphatic rings. The molecule has 4 nitrogen and oxygen atoms in total. The van der Waals surface area contributed by atoms with E-state index in [2.05, 4.69) is 17.1 Å². The van der Waals surface area contributed by atoms with Crippen LogP contribution < -0.4 is 0 Å². The second-order valence-corrected chi connectivity index (χ2v) is 3.29. The first-order valence-electron chi connectivity index (χ1n) is 5.22. The van der Waals surface area contributed by atoms with E-state index < -0.39 is 0 Å². The summed E-state index contributed by atoms with van der Waals surface area (Å²) in [6.07, 6.45) is 4.79. The SMILES string of the molecule is CCCCC(COCC)c1ncon1. The van der Waals surface area contributed by atoms with Crippen molar-refractivity contribution in [2.45, 2.75) is 39.0 Å². The quantitative estimate of drug-likeness (QED) is 0.675. The Morgan fingerprint density at radius 2 is 2.36 bits per heavy atom. The molecule has 80 valence electrons. The zero-order valence-electron chi connectivity index (χ0n) is 8.90. The Hall–Kier alpha value is -0.900. The molecular weight excluding hydrogens is 180 g/mol. The largest absolute Gasteiger partial charge is 0.381 e. The third kappa shape index (κ3) is 3.46. The Bertz CT molecular complexity index is 216. The molecule has 1 unspecified atom stereocenters. The number of rotatable bonds is 7. The number of hydrogen-bond acceptors (Lipinski definition) is 4. The van der Waals surface area contributed by atoms with Crippen LogP contribution in [0, 0.1) is 0 Å². The lowest BCUT2D eigenvalue weighted by molar-refractivity contribution is 0.126. The Morgan fingerprint density at radius 1 is 1.50 bits per heavy atom. The number of unbranched alkanes of at least 4 members (excludes halogenated alkanes) is 1. The summed E-state index contributed by atoms with van der Waals surface area (Å²) in [7, 11) is 0. The highest BCUT2D eigenvalue weighted by atomic mass is 16.5. The maximum absolute atomic E-state index is 5.39. The molecule has 0 saturated carbocycles. The van der Waals surface area contributed by atoms with Crippen molar-refractivity contribution in [3.8, 4) is 0 Å². The maximum atomic E-state index is 5.39. The van der Waals surface area contributed by atoms with E-state index in [0.29, 0.717) is 6.61 Å². The fourth-order valence-electron chi connectivity index (χ4n) is 1.36. The average Bonchev–Trinajstić information content (AvgIpc) is 2.71. The van der Waals surface area contributed by atoms with Gasteiger partial charge in [0, 0.05) is 12.5 Å². The summed E-state index contributed by atoms with van der Waals surface area (Å²) in [5.74, 6) is 1.06. The normalized spacial score (nSPS) is 13.0. The van der Waals surface area contributed by atoms with Crippen molar-refractivity contribution < 1.29 is 9.26 Å². The minimum atomic E-state index is 0.286. The first kappa shape index (κ1) is 11.2. The molecule has 0 N–H and O–H groups in total. The third-order valence-electron chi connectivity index (χ3n) is 2.17. The van der Waals surface area contributed by atoms with E-state index in [9.17, 15) is 0 Å². The minimum Gasteiger partial charge on any atom is -0.381 e. The van der Waals surface area contributed by atoms with E-state index in [1.165, 1.54) is 19.2 Å². The van der Waals surface area contributed by atoms with E-state index in [4.69, 9.17) is 9.26 Å². The number of nitrogens with zero attached hydrogens (tertiary/aromatic N) is 2. The molecule has 4 heteroatoms. The molecule has 0 aliphatic heterocycles. The molecule has 0 saturated heterocycles. The molecule has 0 aliphatic carbocycles. The Morgan fingerprint density at radius 3 is 2.93 bits per heavy atom. The molecule has 1 rings (SSSR count). The maximum Gasteiger partial charge on any atom is 0.213 e. The van der Waals surface area contributed by atoms with Crippen LogP contribution in [0.5, 0.6) is 0 Å². The van der Waals surface area contributed by atoms with Crippen LogP contribution in [0.4, 0.5) is 0 Å². The van der Waals surface area contributed by atoms with Crippen LogP contribution in [-0.4, -0.2) is 23.4 Å². The van der Waals surface area contributed by atoms with Crippen molar-refractivity contribution in [3.05, 3.63) is 12.2 Å². The number of aromatic nitrogens is 2. The van der Waals surface area contributed by atoms with Crippen LogP contribution >= 0.6 is 0 Å². The molecule has 0 fully saturated rings. The Kier molecular flexibility index (Phi) is 5.22. The highest BCUT2D eigenvalue weighted by Crippen LogP contribution is 2.18. The first-order chi connectivity index (χ1) is 6.88. The van der Waals surface area contributed by atoms with Gasteiger partial charge in [-0.1, -0.05) is 24.9 Å². The van der Waals surface area contributed by atoms with Gasteiger partial charge >= 0.3 is 0 Å². The summed E-state index contributed by atoms with van der Waals surface area (Å²) in [6.45, 7) is 5.59. The van der Waals surface area contributed by atoms with Crippen LogP contribution in [0.2, 0.25) is 0 Å². The predicted octanol–water partition coefficient (Wildman–Crippen LogP) is 2.38. The van der Waals surface area contributed by atoms with E-state index in [1.807, 2.05) is 6.92 Å². The summed E-state index contributed by atoms with van der Waals surface area (Å²) in [5.41, 5.74) is 0. The molecule has 1 heterocycles. The lowest BCUT2D eigenvalue weighted by atomic mass is 10.0. The standard InChI is InChI=1S/C10H18N2O2/c1-3-5-6-9(7-13-4-2)10-11-8-14-12-10/h8-9H,3-7H2,1-2H3. The van der Waals surface area contributed by atoms with E-state index in [0.717, 1.165) is 18.9 Å². The summed E-state index contributed by atoms with van der Waals surface area (Å²) in [4.78, 5) is 4.06. The van der Waals surface area contributed by atoms with Crippen molar-refractivity contribution in [3.63, 3.8) is 0 Å². The minimum absolute atomic E-state index is 0.286. The van der Waals surface area contributed by atoms with Gasteiger partial charge in [-0.3, -0.25) is 0 Å². The van der Waals surface area contributed by atoms with Crippen LogP contribution in [-0.2, 0) is 4.74 Å². The molecule has 0 amide bonds. The fraction of sp³-hybridized carbons (Fsp3) is 0.800. The zero-order valence-corrected chi connectivity index (χ0v) is 8.90. The van der Waals surface area contributed by atoms with Gasteiger partial charge in [0.15, 0.2) is 5.82 Å². The van der Waals surface area contributed by atoms with Crippen molar-refractivity contribution in [1.29, 1.82) is 0 Å². The predicted molar refractivity (Wildman–Crippen MR) is 53.1 cm³/mol. The van der Waals surface area contributed by atoms with Gasteiger partial charge in [-0.15, -0.1) is 0 Å². The van der Waals surface area contributed by atoms with Gasteiger partial charge in [0.1, 0.15) is 0 Å². The van der Waals surface area contributed by atoms with E-state index in [1.54, 1.807) is 0 Å². The molecule has 0 bridgehead atoms. The van der Waals surface area contributed by atoms with Crippen LogP contribution in [0.25, 0.3) is 0 Å². The first-order valence-corrected chi connectivity index (χ1v) is 5.22. The summed E-state index contributed by atoms with van der Waals surface area (Å²) < 4.78 is 10.1. The third-order valence-corrected chi connectivity index (χ3v) is 2.17. The fourth-order valence-corrected chi connectivity index (χ4v) is 1.36. The zero-order chi connectivity index (χ0) is 10.2. The monoisotopic (exact) mass is 198 g/mol. The van der Waals surface area contributed by atoms with Crippen LogP contribution in [0.3, 0.4) is 0 Å². The molecule has 1 aromatic rings. The van der Waals surface area contributed by atoms with Gasteiger partial charge < -0.3 is 9.26 Å². The highest BCUT2D eigenvalue weighted by molar-refractivity contribution is 4.91. The molecular formula is C10H18N2O2. The molecule has 14 heavy (non-hydrogen) atoms. The second kappa shape index (κ2) is 6.54. The second-order valence-electron chi connectivity index (χ2n) is 3.29. The van der Waals surface area contributed by atoms with Crippen molar-refractivity contribution >= 4 is 0 Å². The number of ether oxygens (including phenoxy) is 1. The van der Waals surface area contributed by atoms with E-state index >= 15 is 0 Å². The van der Waals surface area contributed by atoms with Crippen molar-refractivity contribution in [2.24, 2.45) is 0 Å². The summed E-state index contributed by atoms with van der Waals surface area (Å²) >= 11 is 0. The van der Waals surface area contributed by atoms with Gasteiger partial charge in [0.2, 0.25) is 6.39 Å². The molecule has 1 aromatic heterocycles. The van der Waals surface area contributed by atoms with Gasteiger partial charge in [0.05, 0.1) is 6.61 Å². The molecule has 0 spiro atoms. The molecule has 0 radical (unpaired) electrons. The highest BCUT2D eigenvalue weighted by Gasteiger charge is 2.15. The van der Waals surface area contributed by atoms with E-state index in [-0.39, 0.29) is 5.92 Å². The molecule has 0 aromatic carbocycles. The Labute approximate surface area is 84.6 Å². The lowest BCUT2D eigenvalue weighted by Gasteiger charge is -2.11. The van der Waals surface area contributed by atoms with Crippen molar-refractivity contribution in [1.82, 2.24) is 10.1 Å². The van der Waals surface area contributed by atoms with Crippen LogP contribution in [0.1, 0.15) is 44.9 Å². The van der Waals surface area contributed by atoms with Gasteiger partial charge in [-0.2, -0.15) is 4.98 Å². The summed E-state index contributed by atoms with van der Waals surface area (Å²) in [6, 6.07) is 0. The number of hydrogen-bond donors (Lipinski definition) is 0. The average molecular weight is 198 g/mol. The Balaban J connectivity index is 2.44. The van der Waals surface area contributed by atoms with Crippen LogP contribution in [0.15, 0.2) is 10.9 Å². The smallest absolute Gasteiger partial charge is 0.213 e. The summed E-state index contributed by atoms with van der Waals surface area (Å²) in [5, 5.41) is 3.86. The topological polar surface area (TPSA) is 48.2 Å².